The van der Waals surface area contributed by atoms with Crippen LogP contribution in [0.4, 0.5) is 0 Å². The Labute approximate surface area is 96.3 Å². The second-order valence-corrected chi connectivity index (χ2v) is 5.30. The number of piperidine rings is 1. The Morgan fingerprint density at radius 2 is 1.94 bits per heavy atom. The number of hydrogen-bond donors (Lipinski definition) is 1. The summed E-state index contributed by atoms with van der Waals surface area (Å²) in [6.45, 7) is 4.54. The van der Waals surface area contributed by atoms with Gasteiger partial charge in [-0.25, -0.2) is 0 Å². The Hall–Kier alpha value is -0.610. The summed E-state index contributed by atoms with van der Waals surface area (Å²) in [5.41, 5.74) is 0. The minimum absolute atomic E-state index is 0.0912. The van der Waals surface area contributed by atoms with Crippen molar-refractivity contribution in [2.45, 2.75) is 25.3 Å². The van der Waals surface area contributed by atoms with Crippen molar-refractivity contribution in [3.8, 4) is 0 Å². The third-order valence-electron chi connectivity index (χ3n) is 4.16. The first-order chi connectivity index (χ1) is 7.84. The third kappa shape index (κ3) is 1.84. The Bertz CT molecular complexity index is 264. The molecule has 0 bridgehead atoms. The predicted octanol–water partition coefficient (Wildman–Crippen LogP) is 0.233. The molecule has 0 unspecified atom stereocenters. The SMILES string of the molecule is O=C([C@@H]1CCCCN1)N1C[C@H]2COC[C@H]2C1. The number of hydrogen-bond acceptors (Lipinski definition) is 3. The monoisotopic (exact) mass is 224 g/mol. The van der Waals surface area contributed by atoms with Crippen LogP contribution in [-0.2, 0) is 9.53 Å². The highest BCUT2D eigenvalue weighted by atomic mass is 16.5. The summed E-state index contributed by atoms with van der Waals surface area (Å²) < 4.78 is 5.43. The molecule has 0 aromatic heterocycles. The van der Waals surface area contributed by atoms with Gasteiger partial charge in [-0.15, -0.1) is 0 Å². The van der Waals surface area contributed by atoms with E-state index in [4.69, 9.17) is 4.74 Å². The van der Waals surface area contributed by atoms with Gasteiger partial charge in [-0.05, 0) is 19.4 Å². The summed E-state index contributed by atoms with van der Waals surface area (Å²) in [4.78, 5) is 14.3. The average molecular weight is 224 g/mol. The molecule has 1 N–H and O–H groups in total. The Morgan fingerprint density at radius 3 is 2.56 bits per heavy atom. The number of ether oxygens (including phenoxy) is 1. The largest absolute Gasteiger partial charge is 0.381 e. The van der Waals surface area contributed by atoms with E-state index in [9.17, 15) is 4.79 Å². The van der Waals surface area contributed by atoms with Crippen LogP contribution < -0.4 is 5.32 Å². The quantitative estimate of drug-likeness (QED) is 0.693. The van der Waals surface area contributed by atoms with E-state index in [0.29, 0.717) is 17.7 Å². The third-order valence-corrected chi connectivity index (χ3v) is 4.16. The number of likely N-dealkylation sites (tertiary alicyclic amines) is 1. The van der Waals surface area contributed by atoms with E-state index in [1.54, 1.807) is 0 Å². The Morgan fingerprint density at radius 1 is 1.19 bits per heavy atom. The summed E-state index contributed by atoms with van der Waals surface area (Å²) in [7, 11) is 0. The predicted molar refractivity (Wildman–Crippen MR) is 60.0 cm³/mol. The highest BCUT2D eigenvalue weighted by Crippen LogP contribution is 2.29. The second kappa shape index (κ2) is 4.34. The van der Waals surface area contributed by atoms with Crippen LogP contribution >= 0.6 is 0 Å². The summed E-state index contributed by atoms with van der Waals surface area (Å²) in [6, 6.07) is 0.0912. The number of nitrogens with one attached hydrogen (secondary N) is 1. The molecule has 3 rings (SSSR count). The smallest absolute Gasteiger partial charge is 0.239 e. The van der Waals surface area contributed by atoms with Gasteiger partial charge in [-0.3, -0.25) is 4.79 Å². The number of carbonyl (C=O) groups excluding carboxylic acids is 1. The van der Waals surface area contributed by atoms with Gasteiger partial charge in [0.25, 0.3) is 0 Å². The highest BCUT2D eigenvalue weighted by molar-refractivity contribution is 5.82. The fraction of sp³-hybridized carbons (Fsp3) is 0.917. The molecule has 0 aliphatic carbocycles. The van der Waals surface area contributed by atoms with E-state index in [2.05, 4.69) is 10.2 Å². The molecule has 3 saturated heterocycles. The molecule has 0 aromatic carbocycles. The molecule has 16 heavy (non-hydrogen) atoms. The maximum atomic E-state index is 12.3. The summed E-state index contributed by atoms with van der Waals surface area (Å²) in [5.74, 6) is 1.54. The normalized spacial score (nSPS) is 38.8. The molecule has 3 atom stereocenters. The van der Waals surface area contributed by atoms with E-state index in [0.717, 1.165) is 39.3 Å². The lowest BCUT2D eigenvalue weighted by Gasteiger charge is -2.27. The molecule has 3 fully saturated rings. The number of carbonyl (C=O) groups is 1. The lowest BCUT2D eigenvalue weighted by molar-refractivity contribution is -0.133. The molecule has 90 valence electrons. The first-order valence-corrected chi connectivity index (χ1v) is 6.44. The number of nitrogens with zero attached hydrogens (tertiary/aromatic N) is 1. The lowest BCUT2D eigenvalue weighted by atomic mass is 10.0. The van der Waals surface area contributed by atoms with Gasteiger partial charge < -0.3 is 15.0 Å². The number of amides is 1. The van der Waals surface area contributed by atoms with Crippen molar-refractivity contribution >= 4 is 5.91 Å². The zero-order chi connectivity index (χ0) is 11.0. The molecule has 3 aliphatic heterocycles. The van der Waals surface area contributed by atoms with E-state index in [-0.39, 0.29) is 6.04 Å². The highest BCUT2D eigenvalue weighted by Gasteiger charge is 2.40. The van der Waals surface area contributed by atoms with Crippen LogP contribution in [0.2, 0.25) is 0 Å². The van der Waals surface area contributed by atoms with Crippen LogP contribution in [0.3, 0.4) is 0 Å². The number of fused-ring (bicyclic) bond motifs is 1. The van der Waals surface area contributed by atoms with Crippen molar-refractivity contribution in [2.75, 3.05) is 32.8 Å². The lowest BCUT2D eigenvalue weighted by Crippen LogP contribution is -2.48. The fourth-order valence-electron chi connectivity index (χ4n) is 3.15. The Balaban J connectivity index is 1.59. The molecule has 3 heterocycles. The van der Waals surface area contributed by atoms with Crippen molar-refractivity contribution in [3.63, 3.8) is 0 Å². The standard InChI is InChI=1S/C12H20N2O2/c15-12(11-3-1-2-4-13-11)14-5-9-7-16-8-10(9)6-14/h9-11,13H,1-8H2/t9-,10+,11-/m0/s1. The van der Waals surface area contributed by atoms with Gasteiger partial charge in [0.15, 0.2) is 0 Å². The molecule has 1 amide bonds. The van der Waals surface area contributed by atoms with Gasteiger partial charge in [0.2, 0.25) is 5.91 Å². The minimum Gasteiger partial charge on any atom is -0.381 e. The van der Waals surface area contributed by atoms with Crippen molar-refractivity contribution in [1.82, 2.24) is 10.2 Å². The molecule has 0 aromatic rings. The summed E-state index contributed by atoms with van der Waals surface area (Å²) in [6.07, 6.45) is 3.41. The van der Waals surface area contributed by atoms with E-state index >= 15 is 0 Å². The minimum atomic E-state index is 0.0912. The van der Waals surface area contributed by atoms with Crippen LogP contribution in [0.5, 0.6) is 0 Å². The van der Waals surface area contributed by atoms with Crippen LogP contribution in [0.15, 0.2) is 0 Å². The Kier molecular flexibility index (Phi) is 2.86. The molecule has 0 saturated carbocycles. The van der Waals surface area contributed by atoms with Crippen molar-refractivity contribution in [2.24, 2.45) is 11.8 Å². The first kappa shape index (κ1) is 10.5. The van der Waals surface area contributed by atoms with Crippen LogP contribution in [0.1, 0.15) is 19.3 Å². The van der Waals surface area contributed by atoms with Crippen LogP contribution in [0, 0.1) is 11.8 Å². The van der Waals surface area contributed by atoms with Gasteiger partial charge in [0, 0.05) is 24.9 Å². The molecular formula is C12H20N2O2. The topological polar surface area (TPSA) is 41.6 Å². The van der Waals surface area contributed by atoms with Gasteiger partial charge in [0.05, 0.1) is 19.3 Å². The average Bonchev–Trinajstić information content (AvgIpc) is 2.89. The zero-order valence-corrected chi connectivity index (χ0v) is 9.65. The van der Waals surface area contributed by atoms with Gasteiger partial charge in [-0.1, -0.05) is 6.42 Å². The first-order valence-electron chi connectivity index (χ1n) is 6.44. The molecule has 4 nitrogen and oxygen atoms in total. The second-order valence-electron chi connectivity index (χ2n) is 5.30. The van der Waals surface area contributed by atoms with E-state index in [1.165, 1.54) is 12.8 Å². The maximum absolute atomic E-state index is 12.3. The van der Waals surface area contributed by atoms with Gasteiger partial charge in [0.1, 0.15) is 0 Å². The maximum Gasteiger partial charge on any atom is 0.239 e. The van der Waals surface area contributed by atoms with Crippen LogP contribution in [-0.4, -0.2) is 49.7 Å². The molecule has 3 aliphatic rings. The van der Waals surface area contributed by atoms with Crippen molar-refractivity contribution < 1.29 is 9.53 Å². The molecular weight excluding hydrogens is 204 g/mol. The molecule has 4 heteroatoms. The molecule has 0 spiro atoms. The number of rotatable bonds is 1. The van der Waals surface area contributed by atoms with Gasteiger partial charge >= 0.3 is 0 Å². The van der Waals surface area contributed by atoms with Gasteiger partial charge in [-0.2, -0.15) is 0 Å². The summed E-state index contributed by atoms with van der Waals surface area (Å²) >= 11 is 0. The van der Waals surface area contributed by atoms with Crippen molar-refractivity contribution in [3.05, 3.63) is 0 Å². The fourth-order valence-corrected chi connectivity index (χ4v) is 3.15. The summed E-state index contributed by atoms with van der Waals surface area (Å²) in [5, 5.41) is 3.34. The van der Waals surface area contributed by atoms with Crippen molar-refractivity contribution in [1.29, 1.82) is 0 Å². The molecule has 0 radical (unpaired) electrons. The van der Waals surface area contributed by atoms with Crippen LogP contribution in [0.25, 0.3) is 0 Å². The van der Waals surface area contributed by atoms with E-state index in [1.807, 2.05) is 0 Å². The zero-order valence-electron chi connectivity index (χ0n) is 9.65. The van der Waals surface area contributed by atoms with E-state index < -0.39 is 0 Å².